The van der Waals surface area contributed by atoms with E-state index in [2.05, 4.69) is 0 Å². The average molecular weight is 277 g/mol. The molecule has 0 bridgehead atoms. The first-order valence-electron chi connectivity index (χ1n) is 6.43. The van der Waals surface area contributed by atoms with Crippen LogP contribution in [0.15, 0.2) is 36.4 Å². The summed E-state index contributed by atoms with van der Waals surface area (Å²) < 4.78 is 32.4. The van der Waals surface area contributed by atoms with E-state index in [1.165, 1.54) is 24.3 Å². The number of halogens is 2. The second-order valence-electron chi connectivity index (χ2n) is 4.96. The van der Waals surface area contributed by atoms with Crippen molar-refractivity contribution in [3.63, 3.8) is 0 Å². The van der Waals surface area contributed by atoms with Crippen molar-refractivity contribution < 1.29 is 13.5 Å². The van der Waals surface area contributed by atoms with Crippen LogP contribution in [-0.2, 0) is 6.42 Å². The van der Waals surface area contributed by atoms with Gasteiger partial charge in [-0.25, -0.2) is 8.78 Å². The van der Waals surface area contributed by atoms with Crippen molar-refractivity contribution in [2.24, 2.45) is 5.73 Å². The number of hydrogen-bond donors (Lipinski definition) is 1. The number of rotatable bonds is 4. The third kappa shape index (κ3) is 3.54. The van der Waals surface area contributed by atoms with Gasteiger partial charge in [0.05, 0.1) is 0 Å². The second kappa shape index (κ2) is 6.01. The van der Waals surface area contributed by atoms with E-state index < -0.39 is 5.82 Å². The van der Waals surface area contributed by atoms with E-state index in [0.29, 0.717) is 17.7 Å². The minimum absolute atomic E-state index is 0.0273. The lowest BCUT2D eigenvalue weighted by atomic mass is 10.1. The summed E-state index contributed by atoms with van der Waals surface area (Å²) in [5.41, 5.74) is 7.12. The maximum Gasteiger partial charge on any atom is 0.165 e. The SMILES string of the molecule is Cc1cc(F)ccc1Oc1ccc(CC(C)N)cc1F. The number of nitrogens with two attached hydrogens (primary N) is 1. The van der Waals surface area contributed by atoms with Gasteiger partial charge < -0.3 is 10.5 Å². The van der Waals surface area contributed by atoms with E-state index in [4.69, 9.17) is 10.5 Å². The minimum Gasteiger partial charge on any atom is -0.454 e. The van der Waals surface area contributed by atoms with Crippen molar-refractivity contribution >= 4 is 0 Å². The van der Waals surface area contributed by atoms with Gasteiger partial charge in [-0.1, -0.05) is 6.07 Å². The molecule has 0 saturated carbocycles. The molecule has 0 amide bonds. The predicted molar refractivity (Wildman–Crippen MR) is 75.0 cm³/mol. The molecule has 1 unspecified atom stereocenters. The third-order valence-corrected chi connectivity index (χ3v) is 2.91. The van der Waals surface area contributed by atoms with Crippen LogP contribution < -0.4 is 10.5 Å². The van der Waals surface area contributed by atoms with E-state index in [1.807, 2.05) is 6.92 Å². The van der Waals surface area contributed by atoms with Gasteiger partial charge in [-0.2, -0.15) is 0 Å². The van der Waals surface area contributed by atoms with Gasteiger partial charge in [0, 0.05) is 6.04 Å². The topological polar surface area (TPSA) is 35.2 Å². The Hall–Kier alpha value is -1.94. The molecule has 1 atom stereocenters. The Labute approximate surface area is 117 Å². The Balaban J connectivity index is 2.21. The largest absolute Gasteiger partial charge is 0.454 e. The fraction of sp³-hybridized carbons (Fsp3) is 0.250. The van der Waals surface area contributed by atoms with Crippen LogP contribution in [0.4, 0.5) is 8.78 Å². The molecule has 0 spiro atoms. The van der Waals surface area contributed by atoms with Crippen LogP contribution in [0.3, 0.4) is 0 Å². The average Bonchev–Trinajstić information content (AvgIpc) is 2.34. The van der Waals surface area contributed by atoms with Crippen molar-refractivity contribution in [1.29, 1.82) is 0 Å². The molecular formula is C16H17F2NO. The highest BCUT2D eigenvalue weighted by atomic mass is 19.1. The lowest BCUT2D eigenvalue weighted by Gasteiger charge is -2.11. The molecule has 0 saturated heterocycles. The zero-order valence-corrected chi connectivity index (χ0v) is 11.5. The number of benzene rings is 2. The van der Waals surface area contributed by atoms with Crippen LogP contribution in [-0.4, -0.2) is 6.04 Å². The summed E-state index contributed by atoms with van der Waals surface area (Å²) >= 11 is 0. The third-order valence-electron chi connectivity index (χ3n) is 2.91. The summed E-state index contributed by atoms with van der Waals surface area (Å²) in [7, 11) is 0. The standard InChI is InChI=1S/C16H17F2NO/c1-10-7-13(17)4-6-15(10)20-16-5-3-12(8-11(2)19)9-14(16)18/h3-7,9,11H,8,19H2,1-2H3. The molecule has 2 aromatic carbocycles. The van der Waals surface area contributed by atoms with Crippen molar-refractivity contribution in [2.45, 2.75) is 26.3 Å². The lowest BCUT2D eigenvalue weighted by Crippen LogP contribution is -2.17. The van der Waals surface area contributed by atoms with Gasteiger partial charge in [0.15, 0.2) is 11.6 Å². The molecule has 0 fully saturated rings. The quantitative estimate of drug-likeness (QED) is 0.918. The Kier molecular flexibility index (Phi) is 4.35. The molecule has 2 rings (SSSR count). The molecule has 106 valence electrons. The maximum atomic E-state index is 14.0. The number of hydrogen-bond acceptors (Lipinski definition) is 2. The Morgan fingerprint density at radius 3 is 2.40 bits per heavy atom. The molecule has 20 heavy (non-hydrogen) atoms. The normalized spacial score (nSPS) is 12.2. The van der Waals surface area contributed by atoms with Crippen molar-refractivity contribution in [3.8, 4) is 11.5 Å². The summed E-state index contributed by atoms with van der Waals surface area (Å²) in [5, 5.41) is 0. The molecular weight excluding hydrogens is 260 g/mol. The van der Waals surface area contributed by atoms with Crippen LogP contribution >= 0.6 is 0 Å². The van der Waals surface area contributed by atoms with Gasteiger partial charge in [0.2, 0.25) is 0 Å². The van der Waals surface area contributed by atoms with Crippen LogP contribution in [0.2, 0.25) is 0 Å². The maximum absolute atomic E-state index is 14.0. The number of aryl methyl sites for hydroxylation is 1. The highest BCUT2D eigenvalue weighted by Gasteiger charge is 2.09. The molecule has 4 heteroatoms. The number of ether oxygens (including phenoxy) is 1. The summed E-state index contributed by atoms with van der Waals surface area (Å²) in [6.45, 7) is 3.57. The first-order chi connectivity index (χ1) is 9.45. The monoisotopic (exact) mass is 277 g/mol. The summed E-state index contributed by atoms with van der Waals surface area (Å²) in [6.07, 6.45) is 0.604. The molecule has 0 aliphatic carbocycles. The zero-order valence-electron chi connectivity index (χ0n) is 11.5. The Morgan fingerprint density at radius 2 is 1.80 bits per heavy atom. The van der Waals surface area contributed by atoms with Crippen molar-refractivity contribution in [1.82, 2.24) is 0 Å². The van der Waals surface area contributed by atoms with Gasteiger partial charge in [-0.05, 0) is 61.7 Å². The van der Waals surface area contributed by atoms with E-state index in [-0.39, 0.29) is 17.6 Å². The molecule has 2 N–H and O–H groups in total. The fourth-order valence-electron chi connectivity index (χ4n) is 1.97. The summed E-state index contributed by atoms with van der Waals surface area (Å²) in [4.78, 5) is 0. The van der Waals surface area contributed by atoms with Crippen LogP contribution in [0, 0.1) is 18.6 Å². The highest BCUT2D eigenvalue weighted by molar-refractivity contribution is 5.39. The molecule has 0 aliphatic heterocycles. The molecule has 0 aromatic heterocycles. The van der Waals surface area contributed by atoms with Gasteiger partial charge in [0.1, 0.15) is 11.6 Å². The molecule has 2 nitrogen and oxygen atoms in total. The van der Waals surface area contributed by atoms with Gasteiger partial charge in [-0.15, -0.1) is 0 Å². The Bertz CT molecular complexity index is 611. The summed E-state index contributed by atoms with van der Waals surface area (Å²) in [6, 6.07) is 8.84. The fourth-order valence-corrected chi connectivity index (χ4v) is 1.97. The van der Waals surface area contributed by atoms with Crippen LogP contribution in [0.25, 0.3) is 0 Å². The molecule has 0 heterocycles. The molecule has 0 aliphatic rings. The molecule has 2 aromatic rings. The van der Waals surface area contributed by atoms with Crippen LogP contribution in [0.1, 0.15) is 18.1 Å². The smallest absolute Gasteiger partial charge is 0.165 e. The van der Waals surface area contributed by atoms with Crippen molar-refractivity contribution in [3.05, 3.63) is 59.2 Å². The first kappa shape index (κ1) is 14.5. The first-order valence-corrected chi connectivity index (χ1v) is 6.43. The highest BCUT2D eigenvalue weighted by Crippen LogP contribution is 2.28. The van der Waals surface area contributed by atoms with E-state index >= 15 is 0 Å². The lowest BCUT2D eigenvalue weighted by molar-refractivity contribution is 0.437. The Morgan fingerprint density at radius 1 is 1.10 bits per heavy atom. The molecule has 0 radical (unpaired) electrons. The summed E-state index contributed by atoms with van der Waals surface area (Å²) in [5.74, 6) is -0.243. The van der Waals surface area contributed by atoms with E-state index in [1.54, 1.807) is 19.1 Å². The minimum atomic E-state index is -0.452. The van der Waals surface area contributed by atoms with E-state index in [9.17, 15) is 8.78 Å². The predicted octanol–water partition coefficient (Wildman–Crippen LogP) is 3.96. The second-order valence-corrected chi connectivity index (χ2v) is 4.96. The van der Waals surface area contributed by atoms with Gasteiger partial charge >= 0.3 is 0 Å². The van der Waals surface area contributed by atoms with Gasteiger partial charge in [0.25, 0.3) is 0 Å². The van der Waals surface area contributed by atoms with E-state index in [0.717, 1.165) is 5.56 Å². The van der Waals surface area contributed by atoms with Gasteiger partial charge in [-0.3, -0.25) is 0 Å². The van der Waals surface area contributed by atoms with Crippen molar-refractivity contribution in [2.75, 3.05) is 0 Å². The zero-order chi connectivity index (χ0) is 14.7. The van der Waals surface area contributed by atoms with Crippen LogP contribution in [0.5, 0.6) is 11.5 Å².